The van der Waals surface area contributed by atoms with Crippen molar-refractivity contribution in [2.75, 3.05) is 19.6 Å². The van der Waals surface area contributed by atoms with Gasteiger partial charge in [-0.2, -0.15) is 0 Å². The molecule has 0 radical (unpaired) electrons. The Balaban J connectivity index is 3.03. The maximum atomic E-state index is 12.9. The third-order valence-corrected chi connectivity index (χ3v) is 4.10. The van der Waals surface area contributed by atoms with Crippen LogP contribution < -0.4 is 0 Å². The number of carbonyl (C=O) groups is 1. The standard InChI is InChI=1S/C18H28N2O/c1-5-11-18(12-6-2)13-9-10-16-20(18)17(21)19(14-7-3)15-8-4/h5-8H,1-4,9-16H2. The first-order valence-corrected chi connectivity index (χ1v) is 7.65. The fourth-order valence-corrected chi connectivity index (χ4v) is 3.15. The zero-order chi connectivity index (χ0) is 15.7. The van der Waals surface area contributed by atoms with E-state index in [1.165, 1.54) is 0 Å². The molecule has 1 rings (SSSR count). The normalized spacial score (nSPS) is 16.9. The van der Waals surface area contributed by atoms with Crippen LogP contribution in [-0.4, -0.2) is 41.0 Å². The summed E-state index contributed by atoms with van der Waals surface area (Å²) in [6, 6.07) is 0.0678. The highest BCUT2D eigenvalue weighted by Gasteiger charge is 2.40. The van der Waals surface area contributed by atoms with Crippen LogP contribution in [0, 0.1) is 0 Å². The molecule has 1 saturated heterocycles. The number of likely N-dealkylation sites (tertiary alicyclic amines) is 1. The molecule has 21 heavy (non-hydrogen) atoms. The fourth-order valence-electron chi connectivity index (χ4n) is 3.15. The van der Waals surface area contributed by atoms with Gasteiger partial charge in [0.15, 0.2) is 0 Å². The molecule has 0 aromatic heterocycles. The highest BCUT2D eigenvalue weighted by atomic mass is 16.2. The van der Waals surface area contributed by atoms with E-state index in [2.05, 4.69) is 26.3 Å². The van der Waals surface area contributed by atoms with Crippen LogP contribution in [0.5, 0.6) is 0 Å². The lowest BCUT2D eigenvalue weighted by Crippen LogP contribution is -2.58. The van der Waals surface area contributed by atoms with Gasteiger partial charge < -0.3 is 9.80 Å². The molecule has 1 fully saturated rings. The van der Waals surface area contributed by atoms with E-state index in [0.29, 0.717) is 13.1 Å². The molecule has 0 aromatic carbocycles. The van der Waals surface area contributed by atoms with E-state index in [1.807, 2.05) is 17.1 Å². The Morgan fingerprint density at radius 3 is 2.05 bits per heavy atom. The molecular weight excluding hydrogens is 260 g/mol. The molecule has 2 amide bonds. The number of urea groups is 1. The van der Waals surface area contributed by atoms with E-state index in [4.69, 9.17) is 0 Å². The molecule has 116 valence electrons. The number of amides is 2. The molecule has 0 unspecified atom stereocenters. The molecule has 0 atom stereocenters. The van der Waals surface area contributed by atoms with Crippen LogP contribution in [0.15, 0.2) is 50.6 Å². The summed E-state index contributed by atoms with van der Waals surface area (Å²) in [6.45, 7) is 17.1. The first-order valence-electron chi connectivity index (χ1n) is 7.65. The van der Waals surface area contributed by atoms with Gasteiger partial charge in [-0.15, -0.1) is 26.3 Å². The first kappa shape index (κ1) is 17.3. The third-order valence-electron chi connectivity index (χ3n) is 4.10. The summed E-state index contributed by atoms with van der Waals surface area (Å²) in [4.78, 5) is 16.7. The number of nitrogens with zero attached hydrogens (tertiary/aromatic N) is 2. The number of hydrogen-bond acceptors (Lipinski definition) is 1. The van der Waals surface area contributed by atoms with Gasteiger partial charge in [-0.25, -0.2) is 4.79 Å². The molecule has 1 heterocycles. The maximum Gasteiger partial charge on any atom is 0.321 e. The quantitative estimate of drug-likeness (QED) is 0.615. The van der Waals surface area contributed by atoms with E-state index in [0.717, 1.165) is 38.6 Å². The lowest BCUT2D eigenvalue weighted by atomic mass is 9.81. The van der Waals surface area contributed by atoms with E-state index in [-0.39, 0.29) is 11.6 Å². The molecule has 0 saturated carbocycles. The first-order chi connectivity index (χ1) is 10.1. The van der Waals surface area contributed by atoms with Gasteiger partial charge in [0.1, 0.15) is 0 Å². The molecule has 0 N–H and O–H groups in total. The van der Waals surface area contributed by atoms with Gasteiger partial charge in [-0.1, -0.05) is 24.3 Å². The van der Waals surface area contributed by atoms with Crippen LogP contribution in [-0.2, 0) is 0 Å². The van der Waals surface area contributed by atoms with Gasteiger partial charge in [0, 0.05) is 19.6 Å². The second-order valence-electron chi connectivity index (χ2n) is 5.58. The van der Waals surface area contributed by atoms with Crippen molar-refractivity contribution in [2.24, 2.45) is 0 Å². The summed E-state index contributed by atoms with van der Waals surface area (Å²) < 4.78 is 0. The number of carbonyl (C=O) groups excluding carboxylic acids is 1. The van der Waals surface area contributed by atoms with Crippen LogP contribution >= 0.6 is 0 Å². The van der Waals surface area contributed by atoms with Crippen molar-refractivity contribution in [3.05, 3.63) is 50.6 Å². The topological polar surface area (TPSA) is 23.6 Å². The van der Waals surface area contributed by atoms with Crippen molar-refractivity contribution < 1.29 is 4.79 Å². The Morgan fingerprint density at radius 2 is 1.57 bits per heavy atom. The average Bonchev–Trinajstić information content (AvgIpc) is 2.47. The van der Waals surface area contributed by atoms with Gasteiger partial charge in [0.05, 0.1) is 5.54 Å². The Morgan fingerprint density at radius 1 is 1.00 bits per heavy atom. The number of piperidine rings is 1. The lowest BCUT2D eigenvalue weighted by molar-refractivity contribution is 0.0611. The molecule has 0 aliphatic carbocycles. The third kappa shape index (κ3) is 4.10. The van der Waals surface area contributed by atoms with Crippen LogP contribution in [0.4, 0.5) is 4.79 Å². The molecule has 0 aromatic rings. The van der Waals surface area contributed by atoms with Crippen molar-refractivity contribution in [1.82, 2.24) is 9.80 Å². The summed E-state index contributed by atoms with van der Waals surface area (Å²) in [5, 5.41) is 0. The summed E-state index contributed by atoms with van der Waals surface area (Å²) in [5.74, 6) is 0. The predicted octanol–water partition coefficient (Wildman–Crippen LogP) is 4.16. The Kier molecular flexibility index (Phi) is 7.00. The van der Waals surface area contributed by atoms with E-state index in [1.54, 1.807) is 17.1 Å². The van der Waals surface area contributed by atoms with Crippen molar-refractivity contribution in [1.29, 1.82) is 0 Å². The Labute approximate surface area is 129 Å². The van der Waals surface area contributed by atoms with Crippen LogP contribution in [0.3, 0.4) is 0 Å². The van der Waals surface area contributed by atoms with Crippen LogP contribution in [0.1, 0.15) is 32.1 Å². The fraction of sp³-hybridized carbons (Fsp3) is 0.500. The van der Waals surface area contributed by atoms with Gasteiger partial charge in [0.2, 0.25) is 0 Å². The van der Waals surface area contributed by atoms with Gasteiger partial charge in [0.25, 0.3) is 0 Å². The molecular formula is C18H28N2O. The number of rotatable bonds is 8. The maximum absolute atomic E-state index is 12.9. The highest BCUT2D eigenvalue weighted by molar-refractivity contribution is 5.76. The van der Waals surface area contributed by atoms with E-state index in [9.17, 15) is 4.79 Å². The summed E-state index contributed by atoms with van der Waals surface area (Å²) in [5.41, 5.74) is -0.167. The van der Waals surface area contributed by atoms with Gasteiger partial charge in [-0.3, -0.25) is 0 Å². The summed E-state index contributed by atoms with van der Waals surface area (Å²) in [7, 11) is 0. The average molecular weight is 288 g/mol. The molecule has 3 heteroatoms. The monoisotopic (exact) mass is 288 g/mol. The number of hydrogen-bond donors (Lipinski definition) is 0. The molecule has 3 nitrogen and oxygen atoms in total. The Bertz CT molecular complexity index is 380. The van der Waals surface area contributed by atoms with Crippen molar-refractivity contribution >= 4 is 6.03 Å². The molecule has 1 aliphatic rings. The second-order valence-corrected chi connectivity index (χ2v) is 5.58. The minimum Gasteiger partial charge on any atom is -0.318 e. The lowest BCUT2D eigenvalue weighted by Gasteiger charge is -2.48. The van der Waals surface area contributed by atoms with Gasteiger partial charge >= 0.3 is 6.03 Å². The summed E-state index contributed by atoms with van der Waals surface area (Å²) >= 11 is 0. The van der Waals surface area contributed by atoms with Gasteiger partial charge in [-0.05, 0) is 32.1 Å². The van der Waals surface area contributed by atoms with E-state index >= 15 is 0 Å². The van der Waals surface area contributed by atoms with Crippen molar-refractivity contribution in [2.45, 2.75) is 37.6 Å². The zero-order valence-electron chi connectivity index (χ0n) is 13.1. The summed E-state index contributed by atoms with van der Waals surface area (Å²) in [6.07, 6.45) is 12.2. The van der Waals surface area contributed by atoms with Crippen LogP contribution in [0.25, 0.3) is 0 Å². The second kappa shape index (κ2) is 8.50. The highest BCUT2D eigenvalue weighted by Crippen LogP contribution is 2.35. The van der Waals surface area contributed by atoms with Crippen LogP contribution in [0.2, 0.25) is 0 Å². The zero-order valence-corrected chi connectivity index (χ0v) is 13.1. The smallest absolute Gasteiger partial charge is 0.318 e. The molecule has 1 aliphatic heterocycles. The largest absolute Gasteiger partial charge is 0.321 e. The SMILES string of the molecule is C=CCN(CC=C)C(=O)N1CCCCC1(CC=C)CC=C. The minimum absolute atomic E-state index is 0.0678. The Hall–Kier alpha value is -1.77. The molecule has 0 spiro atoms. The van der Waals surface area contributed by atoms with Crippen molar-refractivity contribution in [3.63, 3.8) is 0 Å². The minimum atomic E-state index is -0.167. The van der Waals surface area contributed by atoms with E-state index < -0.39 is 0 Å². The van der Waals surface area contributed by atoms with Crippen molar-refractivity contribution in [3.8, 4) is 0 Å². The predicted molar refractivity (Wildman–Crippen MR) is 90.3 cm³/mol. The molecule has 0 bridgehead atoms.